The number of hydrogen-bond acceptors (Lipinski definition) is 2. The molecule has 1 aliphatic heterocycles. The third-order valence-corrected chi connectivity index (χ3v) is 5.91. The largest absolute Gasteiger partial charge is 0.303 e. The van der Waals surface area contributed by atoms with Gasteiger partial charge in [-0.05, 0) is 69.4 Å². The van der Waals surface area contributed by atoms with Crippen LogP contribution in [0, 0.1) is 29.6 Å². The van der Waals surface area contributed by atoms with Gasteiger partial charge in [-0.15, -0.1) is 0 Å². The van der Waals surface area contributed by atoms with E-state index in [-0.39, 0.29) is 5.92 Å². The molecule has 1 aliphatic carbocycles. The van der Waals surface area contributed by atoms with Gasteiger partial charge in [0.2, 0.25) is 0 Å². The van der Waals surface area contributed by atoms with E-state index in [2.05, 4.69) is 18.7 Å². The summed E-state index contributed by atoms with van der Waals surface area (Å²) < 4.78 is 0. The fourth-order valence-electron chi connectivity index (χ4n) is 4.27. The second-order valence-electron chi connectivity index (χ2n) is 8.16. The molecule has 2 heteroatoms. The number of piperidine rings is 1. The minimum absolute atomic E-state index is 0.216. The zero-order valence-corrected chi connectivity index (χ0v) is 14.6. The minimum atomic E-state index is 0.216. The molecule has 2 nitrogen and oxygen atoms in total. The molecule has 0 aromatic heterocycles. The zero-order valence-electron chi connectivity index (χ0n) is 14.6. The molecule has 0 aromatic rings. The SMILES string of the molecule is CC(C)C(=O)C1CCN(CC2CCC(C(C)C)CC2)CC1. The van der Waals surface area contributed by atoms with Crippen molar-refractivity contribution in [1.82, 2.24) is 4.90 Å². The summed E-state index contributed by atoms with van der Waals surface area (Å²) in [7, 11) is 0. The number of likely N-dealkylation sites (tertiary alicyclic amines) is 1. The first-order valence-corrected chi connectivity index (χ1v) is 9.23. The Morgan fingerprint density at radius 3 is 2.00 bits per heavy atom. The molecule has 0 atom stereocenters. The summed E-state index contributed by atoms with van der Waals surface area (Å²) in [6.07, 6.45) is 7.91. The van der Waals surface area contributed by atoms with E-state index >= 15 is 0 Å². The van der Waals surface area contributed by atoms with E-state index in [1.54, 1.807) is 0 Å². The van der Waals surface area contributed by atoms with Crippen molar-refractivity contribution in [2.75, 3.05) is 19.6 Å². The van der Waals surface area contributed by atoms with E-state index in [1.807, 2.05) is 13.8 Å². The van der Waals surface area contributed by atoms with Crippen LogP contribution in [0.3, 0.4) is 0 Å². The molecule has 0 amide bonds. The van der Waals surface area contributed by atoms with Gasteiger partial charge in [0.25, 0.3) is 0 Å². The highest BCUT2D eigenvalue weighted by Gasteiger charge is 2.29. The van der Waals surface area contributed by atoms with Crippen molar-refractivity contribution in [3.05, 3.63) is 0 Å². The van der Waals surface area contributed by atoms with Gasteiger partial charge in [-0.25, -0.2) is 0 Å². The highest BCUT2D eigenvalue weighted by molar-refractivity contribution is 5.82. The number of Topliss-reactive ketones (excluding diaryl/α,β-unsaturated/α-hetero) is 1. The molecule has 2 aliphatic rings. The molecule has 122 valence electrons. The van der Waals surface area contributed by atoms with Crippen LogP contribution in [0.4, 0.5) is 0 Å². The third kappa shape index (κ3) is 4.81. The van der Waals surface area contributed by atoms with Crippen LogP contribution in [0.2, 0.25) is 0 Å². The summed E-state index contributed by atoms with van der Waals surface area (Å²) in [5.74, 6) is 3.80. The topological polar surface area (TPSA) is 20.3 Å². The standard InChI is InChI=1S/C19H35NO/c1-14(2)17-7-5-16(6-8-17)13-20-11-9-18(10-12-20)19(21)15(3)4/h14-18H,5-13H2,1-4H3. The molecule has 1 heterocycles. The van der Waals surface area contributed by atoms with E-state index in [0.29, 0.717) is 11.7 Å². The maximum absolute atomic E-state index is 12.1. The summed E-state index contributed by atoms with van der Waals surface area (Å²) in [5.41, 5.74) is 0. The molecule has 0 aromatic carbocycles. The molecule has 21 heavy (non-hydrogen) atoms. The minimum Gasteiger partial charge on any atom is -0.303 e. The van der Waals surface area contributed by atoms with E-state index < -0.39 is 0 Å². The number of hydrogen-bond donors (Lipinski definition) is 0. The third-order valence-electron chi connectivity index (χ3n) is 5.91. The number of nitrogens with zero attached hydrogens (tertiary/aromatic N) is 1. The maximum atomic E-state index is 12.1. The van der Waals surface area contributed by atoms with Gasteiger partial charge in [0.15, 0.2) is 0 Å². The lowest BCUT2D eigenvalue weighted by Crippen LogP contribution is -2.40. The van der Waals surface area contributed by atoms with Gasteiger partial charge >= 0.3 is 0 Å². The van der Waals surface area contributed by atoms with Crippen molar-refractivity contribution < 1.29 is 4.79 Å². The van der Waals surface area contributed by atoms with Gasteiger partial charge in [-0.2, -0.15) is 0 Å². The predicted octanol–water partition coefficient (Wildman–Crippen LogP) is 4.39. The smallest absolute Gasteiger partial charge is 0.138 e. The summed E-state index contributed by atoms with van der Waals surface area (Å²) in [5, 5.41) is 0. The van der Waals surface area contributed by atoms with Crippen molar-refractivity contribution in [2.45, 2.75) is 66.2 Å². The Balaban J connectivity index is 1.69. The fraction of sp³-hybridized carbons (Fsp3) is 0.947. The first-order valence-electron chi connectivity index (χ1n) is 9.23. The molecule has 1 saturated heterocycles. The lowest BCUT2D eigenvalue weighted by molar-refractivity contribution is -0.127. The normalized spacial score (nSPS) is 29.2. The van der Waals surface area contributed by atoms with Crippen LogP contribution in [0.1, 0.15) is 66.2 Å². The van der Waals surface area contributed by atoms with Crippen LogP contribution in [-0.4, -0.2) is 30.3 Å². The maximum Gasteiger partial charge on any atom is 0.138 e. The average Bonchev–Trinajstić information content (AvgIpc) is 2.47. The molecule has 0 N–H and O–H groups in total. The van der Waals surface area contributed by atoms with E-state index in [9.17, 15) is 4.79 Å². The highest BCUT2D eigenvalue weighted by atomic mass is 16.1. The predicted molar refractivity (Wildman–Crippen MR) is 89.3 cm³/mol. The molecule has 2 rings (SSSR count). The second-order valence-corrected chi connectivity index (χ2v) is 8.16. The first-order chi connectivity index (χ1) is 9.97. The number of carbonyl (C=O) groups excluding carboxylic acids is 1. The van der Waals surface area contributed by atoms with Gasteiger partial charge in [0, 0.05) is 18.4 Å². The van der Waals surface area contributed by atoms with Crippen molar-refractivity contribution in [1.29, 1.82) is 0 Å². The lowest BCUT2D eigenvalue weighted by atomic mass is 9.76. The summed E-state index contributed by atoms with van der Waals surface area (Å²) in [4.78, 5) is 14.7. The molecule has 0 unspecified atom stereocenters. The summed E-state index contributed by atoms with van der Waals surface area (Å²) in [6.45, 7) is 12.4. The molecular weight excluding hydrogens is 258 g/mol. The fourth-order valence-corrected chi connectivity index (χ4v) is 4.27. The van der Waals surface area contributed by atoms with E-state index in [0.717, 1.165) is 43.7 Å². The van der Waals surface area contributed by atoms with Gasteiger partial charge in [-0.3, -0.25) is 4.79 Å². The Morgan fingerprint density at radius 1 is 0.952 bits per heavy atom. The van der Waals surface area contributed by atoms with Crippen molar-refractivity contribution in [3.63, 3.8) is 0 Å². The summed E-state index contributed by atoms with van der Waals surface area (Å²) in [6, 6.07) is 0. The molecule has 1 saturated carbocycles. The Hall–Kier alpha value is -0.370. The molecule has 0 bridgehead atoms. The zero-order chi connectivity index (χ0) is 15.4. The highest BCUT2D eigenvalue weighted by Crippen LogP contribution is 2.34. The Bertz CT molecular complexity index is 320. The van der Waals surface area contributed by atoms with E-state index in [1.165, 1.54) is 32.2 Å². The van der Waals surface area contributed by atoms with Crippen LogP contribution < -0.4 is 0 Å². The van der Waals surface area contributed by atoms with Gasteiger partial charge in [0.05, 0.1) is 0 Å². The monoisotopic (exact) mass is 293 g/mol. The molecule has 2 fully saturated rings. The van der Waals surface area contributed by atoms with Crippen LogP contribution in [-0.2, 0) is 4.79 Å². The average molecular weight is 293 g/mol. The van der Waals surface area contributed by atoms with Crippen LogP contribution in [0.5, 0.6) is 0 Å². The van der Waals surface area contributed by atoms with Crippen LogP contribution >= 0.6 is 0 Å². The van der Waals surface area contributed by atoms with Gasteiger partial charge in [-0.1, -0.05) is 27.7 Å². The summed E-state index contributed by atoms with van der Waals surface area (Å²) >= 11 is 0. The molecule has 0 spiro atoms. The first kappa shape index (κ1) is 17.0. The number of rotatable bonds is 5. The number of ketones is 1. The van der Waals surface area contributed by atoms with Crippen molar-refractivity contribution >= 4 is 5.78 Å². The van der Waals surface area contributed by atoms with Gasteiger partial charge in [0.1, 0.15) is 5.78 Å². The molecular formula is C19H35NO. The second kappa shape index (κ2) is 7.76. The van der Waals surface area contributed by atoms with Crippen molar-refractivity contribution in [3.8, 4) is 0 Å². The van der Waals surface area contributed by atoms with Crippen LogP contribution in [0.15, 0.2) is 0 Å². The Kier molecular flexibility index (Phi) is 6.28. The Labute approximate surface area is 131 Å². The quantitative estimate of drug-likeness (QED) is 0.749. The van der Waals surface area contributed by atoms with E-state index in [4.69, 9.17) is 0 Å². The number of carbonyl (C=O) groups is 1. The van der Waals surface area contributed by atoms with Crippen molar-refractivity contribution in [2.24, 2.45) is 29.6 Å². The van der Waals surface area contributed by atoms with Crippen LogP contribution in [0.25, 0.3) is 0 Å². The lowest BCUT2D eigenvalue weighted by Gasteiger charge is -2.37. The van der Waals surface area contributed by atoms with Gasteiger partial charge < -0.3 is 4.90 Å². The Morgan fingerprint density at radius 2 is 1.52 bits per heavy atom. The molecule has 0 radical (unpaired) electrons.